The van der Waals surface area contributed by atoms with Crippen molar-refractivity contribution in [1.29, 1.82) is 0 Å². The van der Waals surface area contributed by atoms with Crippen LogP contribution in [-0.2, 0) is 4.79 Å². The SMILES string of the molecule is Cc1ccncc1NC1CCCNC(=O)C1. The zero-order chi connectivity index (χ0) is 11.4. The molecular formula is C12H17N3O. The number of anilines is 1. The summed E-state index contributed by atoms with van der Waals surface area (Å²) in [6.45, 7) is 2.84. The quantitative estimate of drug-likeness (QED) is 0.792. The maximum absolute atomic E-state index is 11.4. The Morgan fingerprint density at radius 2 is 2.44 bits per heavy atom. The van der Waals surface area contributed by atoms with Crippen LogP contribution in [0.3, 0.4) is 0 Å². The molecular weight excluding hydrogens is 202 g/mol. The standard InChI is InChI=1S/C12H17N3O/c1-9-4-6-13-8-11(9)15-10-3-2-5-14-12(16)7-10/h4,6,8,10,15H,2-3,5,7H2,1H3,(H,14,16). The van der Waals surface area contributed by atoms with Crippen LogP contribution >= 0.6 is 0 Å². The number of nitrogens with zero attached hydrogens (tertiary/aromatic N) is 1. The molecule has 1 amide bonds. The second-order valence-corrected chi connectivity index (χ2v) is 4.23. The molecule has 1 saturated heterocycles. The lowest BCUT2D eigenvalue weighted by Crippen LogP contribution is -2.27. The van der Waals surface area contributed by atoms with E-state index in [0.717, 1.165) is 25.1 Å². The van der Waals surface area contributed by atoms with Gasteiger partial charge < -0.3 is 10.6 Å². The molecule has 2 heterocycles. The molecule has 0 spiro atoms. The number of amides is 1. The highest BCUT2D eigenvalue weighted by molar-refractivity contribution is 5.77. The molecule has 0 radical (unpaired) electrons. The van der Waals surface area contributed by atoms with Crippen LogP contribution in [0.25, 0.3) is 0 Å². The van der Waals surface area contributed by atoms with Crippen LogP contribution < -0.4 is 10.6 Å². The molecule has 86 valence electrons. The molecule has 1 atom stereocenters. The Morgan fingerprint density at radius 1 is 1.56 bits per heavy atom. The van der Waals surface area contributed by atoms with Gasteiger partial charge in [-0.3, -0.25) is 9.78 Å². The third kappa shape index (κ3) is 2.72. The van der Waals surface area contributed by atoms with Gasteiger partial charge in [-0.1, -0.05) is 0 Å². The van der Waals surface area contributed by atoms with Gasteiger partial charge in [0.15, 0.2) is 0 Å². The third-order valence-electron chi connectivity index (χ3n) is 2.88. The second kappa shape index (κ2) is 4.96. The highest BCUT2D eigenvalue weighted by atomic mass is 16.1. The summed E-state index contributed by atoms with van der Waals surface area (Å²) >= 11 is 0. The summed E-state index contributed by atoms with van der Waals surface area (Å²) in [7, 11) is 0. The molecule has 1 unspecified atom stereocenters. The van der Waals surface area contributed by atoms with Gasteiger partial charge in [-0.25, -0.2) is 0 Å². The van der Waals surface area contributed by atoms with E-state index in [2.05, 4.69) is 15.6 Å². The minimum atomic E-state index is 0.136. The lowest BCUT2D eigenvalue weighted by atomic mass is 10.1. The first-order valence-corrected chi connectivity index (χ1v) is 5.69. The van der Waals surface area contributed by atoms with Gasteiger partial charge in [0.1, 0.15) is 0 Å². The molecule has 4 nitrogen and oxygen atoms in total. The molecule has 0 saturated carbocycles. The van der Waals surface area contributed by atoms with E-state index in [1.165, 1.54) is 5.56 Å². The summed E-state index contributed by atoms with van der Waals surface area (Å²) in [5.74, 6) is 0.136. The molecule has 4 heteroatoms. The average Bonchev–Trinajstić information content (AvgIpc) is 2.46. The number of hydrogen-bond acceptors (Lipinski definition) is 3. The highest BCUT2D eigenvalue weighted by Crippen LogP contribution is 2.17. The minimum absolute atomic E-state index is 0.136. The molecule has 0 bridgehead atoms. The number of aryl methyl sites for hydroxylation is 1. The van der Waals surface area contributed by atoms with Crippen molar-refractivity contribution >= 4 is 11.6 Å². The maximum Gasteiger partial charge on any atom is 0.222 e. The van der Waals surface area contributed by atoms with E-state index in [-0.39, 0.29) is 11.9 Å². The van der Waals surface area contributed by atoms with Gasteiger partial charge in [-0.15, -0.1) is 0 Å². The monoisotopic (exact) mass is 219 g/mol. The van der Waals surface area contributed by atoms with Crippen LogP contribution in [0.5, 0.6) is 0 Å². The number of hydrogen-bond donors (Lipinski definition) is 2. The van der Waals surface area contributed by atoms with Crippen LogP contribution in [0.2, 0.25) is 0 Å². The van der Waals surface area contributed by atoms with Gasteiger partial charge in [-0.2, -0.15) is 0 Å². The lowest BCUT2D eigenvalue weighted by Gasteiger charge is -2.17. The number of carbonyl (C=O) groups excluding carboxylic acids is 1. The van der Waals surface area contributed by atoms with E-state index in [0.29, 0.717) is 6.42 Å². The fourth-order valence-electron chi connectivity index (χ4n) is 1.93. The van der Waals surface area contributed by atoms with E-state index in [1.54, 1.807) is 6.20 Å². The molecule has 16 heavy (non-hydrogen) atoms. The van der Waals surface area contributed by atoms with Crippen LogP contribution in [0.4, 0.5) is 5.69 Å². The van der Waals surface area contributed by atoms with Crippen molar-refractivity contribution in [3.63, 3.8) is 0 Å². The van der Waals surface area contributed by atoms with Crippen LogP contribution in [0.1, 0.15) is 24.8 Å². The van der Waals surface area contributed by atoms with E-state index in [4.69, 9.17) is 0 Å². The zero-order valence-corrected chi connectivity index (χ0v) is 9.49. The van der Waals surface area contributed by atoms with Crippen LogP contribution in [0.15, 0.2) is 18.5 Å². The predicted octanol–water partition coefficient (Wildman–Crippen LogP) is 1.47. The molecule has 1 fully saturated rings. The Hall–Kier alpha value is -1.58. The summed E-state index contributed by atoms with van der Waals surface area (Å²) in [5.41, 5.74) is 2.20. The Labute approximate surface area is 95.5 Å². The lowest BCUT2D eigenvalue weighted by molar-refractivity contribution is -0.120. The first-order valence-electron chi connectivity index (χ1n) is 5.69. The second-order valence-electron chi connectivity index (χ2n) is 4.23. The smallest absolute Gasteiger partial charge is 0.222 e. The zero-order valence-electron chi connectivity index (χ0n) is 9.49. The maximum atomic E-state index is 11.4. The van der Waals surface area contributed by atoms with E-state index in [1.807, 2.05) is 19.2 Å². The molecule has 1 aromatic heterocycles. The first kappa shape index (κ1) is 10.9. The molecule has 1 aliphatic heterocycles. The fraction of sp³-hybridized carbons (Fsp3) is 0.500. The van der Waals surface area contributed by atoms with Gasteiger partial charge in [0.2, 0.25) is 5.91 Å². The van der Waals surface area contributed by atoms with Crippen molar-refractivity contribution in [2.75, 3.05) is 11.9 Å². The molecule has 0 aliphatic carbocycles. The molecule has 0 aromatic carbocycles. The van der Waals surface area contributed by atoms with Crippen LogP contribution in [0, 0.1) is 6.92 Å². The van der Waals surface area contributed by atoms with Crippen molar-refractivity contribution < 1.29 is 4.79 Å². The number of nitrogens with one attached hydrogen (secondary N) is 2. The minimum Gasteiger partial charge on any atom is -0.380 e. The molecule has 2 N–H and O–H groups in total. The normalized spacial score (nSPS) is 21.1. The first-order chi connectivity index (χ1) is 7.75. The predicted molar refractivity (Wildman–Crippen MR) is 63.2 cm³/mol. The van der Waals surface area contributed by atoms with E-state index < -0.39 is 0 Å². The Bertz CT molecular complexity index is 378. The average molecular weight is 219 g/mol. The Balaban J connectivity index is 2.03. The van der Waals surface area contributed by atoms with E-state index in [9.17, 15) is 4.79 Å². The summed E-state index contributed by atoms with van der Waals surface area (Å²) in [4.78, 5) is 15.5. The summed E-state index contributed by atoms with van der Waals surface area (Å²) < 4.78 is 0. The molecule has 2 rings (SSSR count). The van der Waals surface area contributed by atoms with Crippen molar-refractivity contribution in [2.24, 2.45) is 0 Å². The van der Waals surface area contributed by atoms with Crippen molar-refractivity contribution in [1.82, 2.24) is 10.3 Å². The third-order valence-corrected chi connectivity index (χ3v) is 2.88. The van der Waals surface area contributed by atoms with Gasteiger partial charge in [0, 0.05) is 25.2 Å². The summed E-state index contributed by atoms with van der Waals surface area (Å²) in [6, 6.07) is 2.20. The molecule has 1 aromatic rings. The van der Waals surface area contributed by atoms with Crippen molar-refractivity contribution in [3.8, 4) is 0 Å². The number of carbonyl (C=O) groups is 1. The molecule has 1 aliphatic rings. The van der Waals surface area contributed by atoms with Gasteiger partial charge in [0.25, 0.3) is 0 Å². The van der Waals surface area contributed by atoms with Crippen molar-refractivity contribution in [2.45, 2.75) is 32.2 Å². The number of pyridine rings is 1. The van der Waals surface area contributed by atoms with Crippen molar-refractivity contribution in [3.05, 3.63) is 24.0 Å². The summed E-state index contributed by atoms with van der Waals surface area (Å²) in [6.07, 6.45) is 6.20. The Morgan fingerprint density at radius 3 is 3.25 bits per heavy atom. The topological polar surface area (TPSA) is 54.0 Å². The van der Waals surface area contributed by atoms with Crippen LogP contribution in [-0.4, -0.2) is 23.5 Å². The van der Waals surface area contributed by atoms with Gasteiger partial charge in [-0.05, 0) is 31.4 Å². The number of aromatic nitrogens is 1. The Kier molecular flexibility index (Phi) is 3.39. The van der Waals surface area contributed by atoms with Gasteiger partial charge in [0.05, 0.1) is 11.9 Å². The largest absolute Gasteiger partial charge is 0.380 e. The highest BCUT2D eigenvalue weighted by Gasteiger charge is 2.17. The fourth-order valence-corrected chi connectivity index (χ4v) is 1.93. The van der Waals surface area contributed by atoms with Gasteiger partial charge >= 0.3 is 0 Å². The number of rotatable bonds is 2. The summed E-state index contributed by atoms with van der Waals surface area (Å²) in [5, 5.41) is 6.28. The van der Waals surface area contributed by atoms with E-state index >= 15 is 0 Å².